The van der Waals surface area contributed by atoms with Gasteiger partial charge in [0.25, 0.3) is 5.69 Å². The van der Waals surface area contributed by atoms with E-state index in [1.54, 1.807) is 6.07 Å². The highest BCUT2D eigenvalue weighted by atomic mass is 19.4. The van der Waals surface area contributed by atoms with Gasteiger partial charge >= 0.3 is 6.18 Å². The van der Waals surface area contributed by atoms with Crippen LogP contribution in [0.3, 0.4) is 0 Å². The predicted molar refractivity (Wildman–Crippen MR) is 87.4 cm³/mol. The minimum absolute atomic E-state index is 0.0133. The van der Waals surface area contributed by atoms with E-state index in [0.29, 0.717) is 6.07 Å². The SMILES string of the molecule is CC(=O)C(C(=O)c1ccccc1)C(=O)c1cccc(C(F)(F)F)c1[N+](=O)[O-]. The molecule has 0 aromatic heterocycles. The fourth-order valence-corrected chi connectivity index (χ4v) is 2.58. The molecule has 0 aliphatic carbocycles. The lowest BCUT2D eigenvalue weighted by atomic mass is 9.86. The lowest BCUT2D eigenvalue weighted by Gasteiger charge is -2.14. The second-order valence-electron chi connectivity index (χ2n) is 5.59. The molecule has 0 saturated carbocycles. The van der Waals surface area contributed by atoms with Crippen LogP contribution in [0.5, 0.6) is 0 Å². The van der Waals surface area contributed by atoms with Crippen LogP contribution in [-0.2, 0) is 11.0 Å². The molecule has 0 N–H and O–H groups in total. The number of nitro benzene ring substituents is 1. The van der Waals surface area contributed by atoms with E-state index in [1.165, 1.54) is 24.3 Å². The molecule has 0 spiro atoms. The number of halogens is 3. The first-order chi connectivity index (χ1) is 12.6. The van der Waals surface area contributed by atoms with E-state index >= 15 is 0 Å². The number of carbonyl (C=O) groups is 3. The van der Waals surface area contributed by atoms with Gasteiger partial charge in [-0.1, -0.05) is 36.4 Å². The summed E-state index contributed by atoms with van der Waals surface area (Å²) in [5.41, 5.74) is -4.07. The summed E-state index contributed by atoms with van der Waals surface area (Å²) < 4.78 is 39.3. The number of nitro groups is 1. The van der Waals surface area contributed by atoms with E-state index in [2.05, 4.69) is 0 Å². The van der Waals surface area contributed by atoms with Crippen molar-refractivity contribution in [3.63, 3.8) is 0 Å². The van der Waals surface area contributed by atoms with Gasteiger partial charge in [0.1, 0.15) is 17.3 Å². The van der Waals surface area contributed by atoms with Crippen molar-refractivity contribution < 1.29 is 32.5 Å². The van der Waals surface area contributed by atoms with Crippen molar-refractivity contribution in [3.05, 3.63) is 75.3 Å². The van der Waals surface area contributed by atoms with Crippen LogP contribution < -0.4 is 0 Å². The third-order valence-electron chi connectivity index (χ3n) is 3.78. The predicted octanol–water partition coefficient (Wildman–Crippen LogP) is 3.88. The van der Waals surface area contributed by atoms with Crippen molar-refractivity contribution in [2.24, 2.45) is 5.92 Å². The molecule has 2 aromatic carbocycles. The molecule has 0 aliphatic heterocycles. The number of ketones is 3. The molecule has 0 amide bonds. The van der Waals surface area contributed by atoms with E-state index in [-0.39, 0.29) is 5.56 Å². The first kappa shape index (κ1) is 20.0. The van der Waals surface area contributed by atoms with Crippen LogP contribution in [0, 0.1) is 16.0 Å². The molecule has 2 rings (SSSR count). The van der Waals surface area contributed by atoms with Crippen LogP contribution in [-0.4, -0.2) is 22.3 Å². The largest absolute Gasteiger partial charge is 0.423 e. The summed E-state index contributed by atoms with van der Waals surface area (Å²) in [7, 11) is 0. The number of para-hydroxylation sites is 1. The van der Waals surface area contributed by atoms with E-state index in [4.69, 9.17) is 0 Å². The highest BCUT2D eigenvalue weighted by Crippen LogP contribution is 2.38. The Morgan fingerprint density at radius 1 is 0.963 bits per heavy atom. The molecule has 1 unspecified atom stereocenters. The van der Waals surface area contributed by atoms with Crippen molar-refractivity contribution >= 4 is 23.0 Å². The third-order valence-corrected chi connectivity index (χ3v) is 3.78. The summed E-state index contributed by atoms with van der Waals surface area (Å²) in [6.07, 6.45) is -5.09. The smallest absolute Gasteiger partial charge is 0.299 e. The Kier molecular flexibility index (Phi) is 5.53. The van der Waals surface area contributed by atoms with Crippen LogP contribution in [0.15, 0.2) is 48.5 Å². The maximum atomic E-state index is 13.1. The average molecular weight is 379 g/mol. The van der Waals surface area contributed by atoms with E-state index in [1.807, 2.05) is 0 Å². The Bertz CT molecular complexity index is 922. The van der Waals surface area contributed by atoms with Gasteiger partial charge in [0.05, 0.1) is 10.5 Å². The normalized spacial score (nSPS) is 12.3. The maximum Gasteiger partial charge on any atom is 0.423 e. The Morgan fingerprint density at radius 3 is 2.04 bits per heavy atom. The molecule has 0 aliphatic rings. The molecule has 9 heteroatoms. The maximum absolute atomic E-state index is 13.1. The van der Waals surface area contributed by atoms with Gasteiger partial charge in [-0.3, -0.25) is 24.5 Å². The van der Waals surface area contributed by atoms with Gasteiger partial charge in [0.15, 0.2) is 11.6 Å². The van der Waals surface area contributed by atoms with Crippen LogP contribution >= 0.6 is 0 Å². The number of carbonyl (C=O) groups excluding carboxylic acids is 3. The molecule has 6 nitrogen and oxygen atoms in total. The van der Waals surface area contributed by atoms with Crippen molar-refractivity contribution in [3.8, 4) is 0 Å². The molecule has 0 fully saturated rings. The zero-order chi connectivity index (χ0) is 20.4. The number of rotatable bonds is 6. The van der Waals surface area contributed by atoms with E-state index < -0.39 is 51.2 Å². The molecule has 140 valence electrons. The van der Waals surface area contributed by atoms with Gasteiger partial charge in [-0.25, -0.2) is 0 Å². The summed E-state index contributed by atoms with van der Waals surface area (Å²) in [6.45, 7) is 0.919. The Balaban J connectivity index is 2.62. The van der Waals surface area contributed by atoms with E-state index in [0.717, 1.165) is 19.1 Å². The minimum atomic E-state index is -5.09. The fourth-order valence-electron chi connectivity index (χ4n) is 2.58. The number of benzene rings is 2. The number of Topliss-reactive ketones (excluding diaryl/α,β-unsaturated/α-hetero) is 3. The molecule has 0 bridgehead atoms. The first-order valence-corrected chi connectivity index (χ1v) is 7.54. The molecular formula is C18H12F3NO5. The Labute approximate surface area is 150 Å². The fraction of sp³-hybridized carbons (Fsp3) is 0.167. The van der Waals surface area contributed by atoms with Gasteiger partial charge in [-0.05, 0) is 19.1 Å². The highest BCUT2D eigenvalue weighted by molar-refractivity contribution is 6.28. The van der Waals surface area contributed by atoms with Crippen LogP contribution in [0.4, 0.5) is 18.9 Å². The standard InChI is InChI=1S/C18H12F3NO5/c1-10(23)14(16(24)11-6-3-2-4-7-11)17(25)12-8-5-9-13(18(19,20)21)15(12)22(26)27/h2-9,14H,1H3. The summed E-state index contributed by atoms with van der Waals surface area (Å²) in [5, 5.41) is 11.2. The minimum Gasteiger partial charge on any atom is -0.299 e. The molecule has 0 heterocycles. The van der Waals surface area contributed by atoms with Crippen LogP contribution in [0.1, 0.15) is 33.2 Å². The summed E-state index contributed by atoms with van der Waals surface area (Å²) >= 11 is 0. The van der Waals surface area contributed by atoms with Gasteiger partial charge in [-0.2, -0.15) is 13.2 Å². The highest BCUT2D eigenvalue weighted by Gasteiger charge is 2.43. The molecule has 2 aromatic rings. The van der Waals surface area contributed by atoms with Crippen molar-refractivity contribution in [2.75, 3.05) is 0 Å². The molecule has 0 saturated heterocycles. The summed E-state index contributed by atoms with van der Waals surface area (Å²) in [4.78, 5) is 47.0. The third kappa shape index (κ3) is 4.08. The number of hydrogen-bond acceptors (Lipinski definition) is 5. The van der Waals surface area contributed by atoms with Crippen LogP contribution in [0.2, 0.25) is 0 Å². The van der Waals surface area contributed by atoms with Crippen LogP contribution in [0.25, 0.3) is 0 Å². The molecular weight excluding hydrogens is 367 g/mol. The monoisotopic (exact) mass is 379 g/mol. The summed E-state index contributed by atoms with van der Waals surface area (Å²) in [6, 6.07) is 9.24. The molecule has 0 radical (unpaired) electrons. The Hall–Kier alpha value is -3.36. The van der Waals surface area contributed by atoms with Crippen molar-refractivity contribution in [2.45, 2.75) is 13.1 Å². The number of nitrogens with zero attached hydrogens (tertiary/aromatic N) is 1. The number of alkyl halides is 3. The van der Waals surface area contributed by atoms with Gasteiger partial charge in [-0.15, -0.1) is 0 Å². The van der Waals surface area contributed by atoms with Crippen molar-refractivity contribution in [1.82, 2.24) is 0 Å². The summed E-state index contributed by atoms with van der Waals surface area (Å²) in [5.74, 6) is -5.20. The second kappa shape index (κ2) is 7.48. The van der Waals surface area contributed by atoms with Crippen molar-refractivity contribution in [1.29, 1.82) is 0 Å². The molecule has 27 heavy (non-hydrogen) atoms. The average Bonchev–Trinajstić information content (AvgIpc) is 2.60. The lowest BCUT2D eigenvalue weighted by molar-refractivity contribution is -0.388. The zero-order valence-electron chi connectivity index (χ0n) is 13.8. The topological polar surface area (TPSA) is 94.3 Å². The Morgan fingerprint density at radius 2 is 1.56 bits per heavy atom. The number of hydrogen-bond donors (Lipinski definition) is 0. The quantitative estimate of drug-likeness (QED) is 0.329. The van der Waals surface area contributed by atoms with Gasteiger partial charge in [0.2, 0.25) is 0 Å². The van der Waals surface area contributed by atoms with Gasteiger partial charge < -0.3 is 0 Å². The lowest BCUT2D eigenvalue weighted by Crippen LogP contribution is -2.31. The second-order valence-corrected chi connectivity index (χ2v) is 5.59. The molecule has 1 atom stereocenters. The van der Waals surface area contributed by atoms with Gasteiger partial charge in [0, 0.05) is 5.56 Å². The zero-order valence-corrected chi connectivity index (χ0v) is 13.8. The first-order valence-electron chi connectivity index (χ1n) is 7.54. The van der Waals surface area contributed by atoms with E-state index in [9.17, 15) is 37.7 Å².